The summed E-state index contributed by atoms with van der Waals surface area (Å²) in [4.78, 5) is 12.4. The molecular weight excluding hydrogens is 410 g/mol. The fourth-order valence-corrected chi connectivity index (χ4v) is 2.84. The molecule has 2 aromatic rings. The van der Waals surface area contributed by atoms with Gasteiger partial charge in [0.1, 0.15) is 12.4 Å². The first kappa shape index (κ1) is 20.8. The lowest BCUT2D eigenvalue weighted by molar-refractivity contribution is 0.0950. The highest BCUT2D eigenvalue weighted by atomic mass is 79.9. The average molecular weight is 434 g/mol. The summed E-state index contributed by atoms with van der Waals surface area (Å²) in [5, 5.41) is 2.91. The Morgan fingerprint density at radius 2 is 1.93 bits per heavy atom. The van der Waals surface area contributed by atoms with Crippen molar-refractivity contribution in [2.24, 2.45) is 0 Å². The van der Waals surface area contributed by atoms with Crippen LogP contribution in [0.2, 0.25) is 0 Å². The number of amides is 1. The van der Waals surface area contributed by atoms with E-state index in [0.29, 0.717) is 42.6 Å². The summed E-state index contributed by atoms with van der Waals surface area (Å²) in [6.07, 6.45) is 2.59. The molecule has 0 atom stereocenters. The van der Waals surface area contributed by atoms with Crippen molar-refractivity contribution in [1.82, 2.24) is 5.32 Å². The topological polar surface area (TPSA) is 56.8 Å². The maximum absolute atomic E-state index is 12.4. The standard InChI is InChI=1S/C21H24BrNO4/c1-4-10-26-18-9-7-16(13-17(18)22)21(24)23-14-15-6-8-19(27-11-5-2)20(12-15)25-3/h4,6-9,12-13H,1,5,10-11,14H2,2-3H3,(H,23,24). The highest BCUT2D eigenvalue weighted by molar-refractivity contribution is 9.10. The van der Waals surface area contributed by atoms with Crippen molar-refractivity contribution in [3.8, 4) is 17.2 Å². The third-order valence-electron chi connectivity index (χ3n) is 3.69. The Hall–Kier alpha value is -2.47. The fraction of sp³-hybridized carbons (Fsp3) is 0.286. The van der Waals surface area contributed by atoms with Crippen molar-refractivity contribution >= 4 is 21.8 Å². The van der Waals surface area contributed by atoms with E-state index in [-0.39, 0.29) is 5.91 Å². The number of nitrogens with one attached hydrogen (secondary N) is 1. The van der Waals surface area contributed by atoms with Gasteiger partial charge in [-0.05, 0) is 58.2 Å². The Morgan fingerprint density at radius 3 is 2.59 bits per heavy atom. The lowest BCUT2D eigenvalue weighted by Crippen LogP contribution is -2.22. The van der Waals surface area contributed by atoms with Crippen LogP contribution in [0.3, 0.4) is 0 Å². The Kier molecular flexibility index (Phi) is 8.20. The quantitative estimate of drug-likeness (QED) is 0.549. The van der Waals surface area contributed by atoms with Crippen molar-refractivity contribution in [2.45, 2.75) is 19.9 Å². The minimum Gasteiger partial charge on any atom is -0.493 e. The Labute approximate surface area is 168 Å². The van der Waals surface area contributed by atoms with Crippen LogP contribution in [0.15, 0.2) is 53.5 Å². The lowest BCUT2D eigenvalue weighted by Gasteiger charge is -2.12. The van der Waals surface area contributed by atoms with Gasteiger partial charge in [0, 0.05) is 12.1 Å². The second-order valence-corrected chi connectivity index (χ2v) is 6.62. The molecule has 2 aromatic carbocycles. The highest BCUT2D eigenvalue weighted by Crippen LogP contribution is 2.28. The molecule has 2 rings (SSSR count). The molecule has 0 aliphatic heterocycles. The number of carbonyl (C=O) groups is 1. The van der Waals surface area contributed by atoms with Gasteiger partial charge in [0.2, 0.25) is 0 Å². The van der Waals surface area contributed by atoms with Gasteiger partial charge in [0.05, 0.1) is 18.2 Å². The van der Waals surface area contributed by atoms with Crippen LogP contribution in [0.25, 0.3) is 0 Å². The predicted molar refractivity (Wildman–Crippen MR) is 110 cm³/mol. The normalized spacial score (nSPS) is 10.2. The number of benzene rings is 2. The molecule has 0 bridgehead atoms. The van der Waals surface area contributed by atoms with E-state index >= 15 is 0 Å². The molecule has 6 heteroatoms. The molecule has 0 unspecified atom stereocenters. The van der Waals surface area contributed by atoms with Crippen LogP contribution in [0.1, 0.15) is 29.3 Å². The van der Waals surface area contributed by atoms with Gasteiger partial charge in [0.15, 0.2) is 11.5 Å². The van der Waals surface area contributed by atoms with E-state index in [2.05, 4.69) is 27.8 Å². The molecule has 0 radical (unpaired) electrons. The molecule has 0 aromatic heterocycles. The predicted octanol–water partition coefficient (Wildman–Crippen LogP) is 4.74. The van der Waals surface area contributed by atoms with Gasteiger partial charge in [-0.15, -0.1) is 0 Å². The molecule has 0 saturated carbocycles. The highest BCUT2D eigenvalue weighted by Gasteiger charge is 2.10. The molecule has 0 fully saturated rings. The molecule has 0 heterocycles. The summed E-state index contributed by atoms with van der Waals surface area (Å²) in [7, 11) is 1.60. The number of rotatable bonds is 10. The van der Waals surface area contributed by atoms with E-state index in [1.54, 1.807) is 31.4 Å². The van der Waals surface area contributed by atoms with Gasteiger partial charge in [-0.25, -0.2) is 0 Å². The number of hydrogen-bond donors (Lipinski definition) is 1. The van der Waals surface area contributed by atoms with Gasteiger partial charge in [0.25, 0.3) is 5.91 Å². The van der Waals surface area contributed by atoms with E-state index in [4.69, 9.17) is 14.2 Å². The first-order chi connectivity index (χ1) is 13.1. The lowest BCUT2D eigenvalue weighted by atomic mass is 10.1. The molecule has 1 N–H and O–H groups in total. The summed E-state index contributed by atoms with van der Waals surface area (Å²) >= 11 is 3.42. The van der Waals surface area contributed by atoms with Crippen molar-refractivity contribution in [1.29, 1.82) is 0 Å². The van der Waals surface area contributed by atoms with Crippen molar-refractivity contribution in [2.75, 3.05) is 20.3 Å². The van der Waals surface area contributed by atoms with Crippen molar-refractivity contribution in [3.63, 3.8) is 0 Å². The molecule has 27 heavy (non-hydrogen) atoms. The third-order valence-corrected chi connectivity index (χ3v) is 4.31. The number of halogens is 1. The van der Waals surface area contributed by atoms with E-state index in [0.717, 1.165) is 16.5 Å². The van der Waals surface area contributed by atoms with Gasteiger partial charge in [-0.1, -0.05) is 25.6 Å². The summed E-state index contributed by atoms with van der Waals surface area (Å²) in [5.74, 6) is 1.85. The van der Waals surface area contributed by atoms with Gasteiger partial charge in [-0.3, -0.25) is 4.79 Å². The fourth-order valence-electron chi connectivity index (χ4n) is 2.35. The zero-order chi connectivity index (χ0) is 19.6. The first-order valence-electron chi connectivity index (χ1n) is 8.70. The zero-order valence-electron chi connectivity index (χ0n) is 15.6. The molecule has 0 spiro atoms. The van der Waals surface area contributed by atoms with Crippen LogP contribution < -0.4 is 19.5 Å². The Morgan fingerprint density at radius 1 is 1.15 bits per heavy atom. The van der Waals surface area contributed by atoms with E-state index < -0.39 is 0 Å². The molecule has 0 aliphatic rings. The Balaban J connectivity index is 2.00. The van der Waals surface area contributed by atoms with Gasteiger partial charge < -0.3 is 19.5 Å². The maximum atomic E-state index is 12.4. The zero-order valence-corrected chi connectivity index (χ0v) is 17.2. The molecule has 5 nitrogen and oxygen atoms in total. The summed E-state index contributed by atoms with van der Waals surface area (Å²) in [6.45, 7) is 7.09. The maximum Gasteiger partial charge on any atom is 0.251 e. The molecular formula is C21H24BrNO4. The summed E-state index contributed by atoms with van der Waals surface area (Å²) in [6, 6.07) is 10.9. The van der Waals surface area contributed by atoms with Crippen LogP contribution in [0.5, 0.6) is 17.2 Å². The smallest absolute Gasteiger partial charge is 0.251 e. The van der Waals surface area contributed by atoms with Crippen LogP contribution in [0.4, 0.5) is 0 Å². The second-order valence-electron chi connectivity index (χ2n) is 5.76. The van der Waals surface area contributed by atoms with Crippen LogP contribution >= 0.6 is 15.9 Å². The minimum atomic E-state index is -0.170. The molecule has 0 aliphatic carbocycles. The summed E-state index contributed by atoms with van der Waals surface area (Å²) in [5.41, 5.74) is 1.47. The van der Waals surface area contributed by atoms with Crippen molar-refractivity contribution < 1.29 is 19.0 Å². The third kappa shape index (κ3) is 6.03. The number of methoxy groups -OCH3 is 1. The largest absolute Gasteiger partial charge is 0.493 e. The molecule has 144 valence electrons. The van der Waals surface area contributed by atoms with Gasteiger partial charge >= 0.3 is 0 Å². The molecule has 1 amide bonds. The number of hydrogen-bond acceptors (Lipinski definition) is 4. The number of ether oxygens (including phenoxy) is 3. The molecule has 0 saturated heterocycles. The Bertz CT molecular complexity index is 792. The van der Waals surface area contributed by atoms with E-state index in [1.807, 2.05) is 25.1 Å². The first-order valence-corrected chi connectivity index (χ1v) is 9.49. The van der Waals surface area contributed by atoms with Crippen LogP contribution in [-0.2, 0) is 6.54 Å². The van der Waals surface area contributed by atoms with Crippen LogP contribution in [-0.4, -0.2) is 26.2 Å². The van der Waals surface area contributed by atoms with E-state index in [1.165, 1.54) is 0 Å². The average Bonchev–Trinajstić information content (AvgIpc) is 2.69. The second kappa shape index (κ2) is 10.6. The monoisotopic (exact) mass is 433 g/mol. The minimum absolute atomic E-state index is 0.170. The SMILES string of the molecule is C=CCOc1ccc(C(=O)NCc2ccc(OCCC)c(OC)c2)cc1Br. The van der Waals surface area contributed by atoms with Crippen molar-refractivity contribution in [3.05, 3.63) is 64.7 Å². The van der Waals surface area contributed by atoms with E-state index in [9.17, 15) is 4.79 Å². The van der Waals surface area contributed by atoms with Crippen LogP contribution in [0, 0.1) is 0 Å². The number of carbonyl (C=O) groups excluding carboxylic acids is 1. The van der Waals surface area contributed by atoms with Gasteiger partial charge in [-0.2, -0.15) is 0 Å². The summed E-state index contributed by atoms with van der Waals surface area (Å²) < 4.78 is 17.2.